The number of halogens is 2. The number of nitrogens with two attached hydrogens (primary N) is 2. The highest BCUT2D eigenvalue weighted by Gasteiger charge is 2.03. The summed E-state index contributed by atoms with van der Waals surface area (Å²) in [5.74, 6) is -0.156. The van der Waals surface area contributed by atoms with Crippen molar-refractivity contribution in [2.75, 3.05) is 6.54 Å². The third-order valence-electron chi connectivity index (χ3n) is 2.40. The van der Waals surface area contributed by atoms with Gasteiger partial charge in [-0.1, -0.05) is 0 Å². The Labute approximate surface area is 115 Å². The van der Waals surface area contributed by atoms with Gasteiger partial charge in [-0.25, -0.2) is 4.39 Å². The average Bonchev–Trinajstić information content (AvgIpc) is 2.60. The van der Waals surface area contributed by atoms with Crippen LogP contribution in [0.1, 0.15) is 5.56 Å². The Hall–Kier alpha value is -1.31. The van der Waals surface area contributed by atoms with Crippen molar-refractivity contribution in [2.24, 2.45) is 16.5 Å². The smallest absolute Gasteiger partial charge is 0.185 e. The largest absolute Gasteiger partial charge is 0.370 e. The first kappa shape index (κ1) is 13.8. The van der Waals surface area contributed by atoms with Gasteiger partial charge in [0.15, 0.2) is 5.96 Å². The molecule has 6 heteroatoms. The predicted octanol–water partition coefficient (Wildman–Crippen LogP) is 1.74. The van der Waals surface area contributed by atoms with Gasteiger partial charge in [-0.3, -0.25) is 4.99 Å². The number of H-pyrrole nitrogens is 1. The highest BCUT2D eigenvalue weighted by atomic mass is 127. The number of hydrogen-bond donors (Lipinski definition) is 3. The molecule has 1 aromatic carbocycles. The fourth-order valence-corrected chi connectivity index (χ4v) is 1.67. The zero-order valence-electron chi connectivity index (χ0n) is 9.11. The lowest BCUT2D eigenvalue weighted by Crippen LogP contribution is -2.23. The second-order valence-corrected chi connectivity index (χ2v) is 3.56. The van der Waals surface area contributed by atoms with E-state index in [0.717, 1.165) is 22.9 Å². The maximum absolute atomic E-state index is 12.9. The molecule has 0 aliphatic carbocycles. The molecule has 1 aromatic heterocycles. The number of rotatable bonds is 3. The van der Waals surface area contributed by atoms with Crippen molar-refractivity contribution in [2.45, 2.75) is 6.42 Å². The monoisotopic (exact) mass is 348 g/mol. The lowest BCUT2D eigenvalue weighted by atomic mass is 10.1. The highest BCUT2D eigenvalue weighted by molar-refractivity contribution is 14.0. The van der Waals surface area contributed by atoms with E-state index >= 15 is 0 Å². The Balaban J connectivity index is 0.00000144. The number of nitrogens with zero attached hydrogens (tertiary/aromatic N) is 1. The SMILES string of the molecule is I.NC(N)=NCCc1c[nH]c2cc(F)ccc12. The van der Waals surface area contributed by atoms with Gasteiger partial charge >= 0.3 is 0 Å². The molecule has 0 atom stereocenters. The molecule has 0 fully saturated rings. The van der Waals surface area contributed by atoms with Crippen molar-refractivity contribution in [1.82, 2.24) is 4.98 Å². The molecule has 0 unspecified atom stereocenters. The fraction of sp³-hybridized carbons (Fsp3) is 0.182. The molecule has 0 amide bonds. The van der Waals surface area contributed by atoms with Crippen molar-refractivity contribution >= 4 is 40.8 Å². The van der Waals surface area contributed by atoms with Crippen molar-refractivity contribution < 1.29 is 4.39 Å². The minimum absolute atomic E-state index is 0. The maximum Gasteiger partial charge on any atom is 0.185 e. The summed E-state index contributed by atoms with van der Waals surface area (Å²) in [6.45, 7) is 0.534. The van der Waals surface area contributed by atoms with Crippen molar-refractivity contribution in [1.29, 1.82) is 0 Å². The topological polar surface area (TPSA) is 80.2 Å². The summed E-state index contributed by atoms with van der Waals surface area (Å²) in [4.78, 5) is 6.92. The third-order valence-corrected chi connectivity index (χ3v) is 2.40. The number of guanidine groups is 1. The molecule has 2 rings (SSSR count). The minimum atomic E-state index is -0.245. The number of aliphatic imine (C=N–C) groups is 1. The van der Waals surface area contributed by atoms with Crippen molar-refractivity contribution in [3.05, 3.63) is 35.8 Å². The van der Waals surface area contributed by atoms with Crippen LogP contribution in [-0.2, 0) is 6.42 Å². The predicted molar refractivity (Wildman–Crippen MR) is 78.1 cm³/mol. The molecular weight excluding hydrogens is 334 g/mol. The zero-order valence-corrected chi connectivity index (χ0v) is 11.4. The van der Waals surface area contributed by atoms with Crippen LogP contribution in [0.5, 0.6) is 0 Å². The van der Waals surface area contributed by atoms with Crippen molar-refractivity contribution in [3.63, 3.8) is 0 Å². The molecule has 0 saturated heterocycles. The van der Waals surface area contributed by atoms with Gasteiger partial charge in [0, 0.05) is 23.6 Å². The van der Waals surface area contributed by atoms with Gasteiger partial charge < -0.3 is 16.5 Å². The minimum Gasteiger partial charge on any atom is -0.370 e. The summed E-state index contributed by atoms with van der Waals surface area (Å²) in [6.07, 6.45) is 2.58. The van der Waals surface area contributed by atoms with Crippen LogP contribution >= 0.6 is 24.0 Å². The van der Waals surface area contributed by atoms with Crippen LogP contribution in [0.2, 0.25) is 0 Å². The van der Waals surface area contributed by atoms with E-state index in [-0.39, 0.29) is 35.8 Å². The number of benzene rings is 1. The van der Waals surface area contributed by atoms with Gasteiger partial charge in [0.05, 0.1) is 0 Å². The molecular formula is C11H14FIN4. The summed E-state index contributed by atoms with van der Waals surface area (Å²) in [6, 6.07) is 4.67. The zero-order chi connectivity index (χ0) is 11.5. The second-order valence-electron chi connectivity index (χ2n) is 3.56. The number of aromatic nitrogens is 1. The number of nitrogens with one attached hydrogen (secondary N) is 1. The summed E-state index contributed by atoms with van der Waals surface area (Å²) < 4.78 is 12.9. The summed E-state index contributed by atoms with van der Waals surface area (Å²) in [5.41, 5.74) is 12.3. The van der Waals surface area contributed by atoms with E-state index in [2.05, 4.69) is 9.98 Å². The van der Waals surface area contributed by atoms with Gasteiger partial charge in [0.2, 0.25) is 0 Å². The number of fused-ring (bicyclic) bond motifs is 1. The first-order valence-electron chi connectivity index (χ1n) is 4.98. The molecule has 1 heterocycles. The first-order chi connectivity index (χ1) is 7.66. The van der Waals surface area contributed by atoms with E-state index in [9.17, 15) is 4.39 Å². The van der Waals surface area contributed by atoms with Crippen LogP contribution in [0.4, 0.5) is 4.39 Å². The summed E-state index contributed by atoms with van der Waals surface area (Å²) in [7, 11) is 0. The molecule has 0 bridgehead atoms. The Morgan fingerprint density at radius 2 is 2.12 bits per heavy atom. The van der Waals surface area contributed by atoms with Crippen LogP contribution in [0.25, 0.3) is 10.9 Å². The van der Waals surface area contributed by atoms with E-state index in [4.69, 9.17) is 11.5 Å². The quantitative estimate of drug-likeness (QED) is 0.449. The second kappa shape index (κ2) is 5.85. The molecule has 17 heavy (non-hydrogen) atoms. The molecule has 5 N–H and O–H groups in total. The number of aromatic amines is 1. The maximum atomic E-state index is 12.9. The molecule has 2 aromatic rings. The first-order valence-corrected chi connectivity index (χ1v) is 4.98. The standard InChI is InChI=1S/C11H13FN4.HI/c12-8-1-2-9-7(3-4-15-11(13)14)6-16-10(9)5-8;/h1-2,5-6,16H,3-4H2,(H4,13,14,15);1H. The molecule has 4 nitrogen and oxygen atoms in total. The van der Waals surface area contributed by atoms with Gasteiger partial charge in [-0.2, -0.15) is 0 Å². The third kappa shape index (κ3) is 3.32. The Bertz CT molecular complexity index is 531. The van der Waals surface area contributed by atoms with E-state index in [1.807, 2.05) is 6.20 Å². The number of hydrogen-bond acceptors (Lipinski definition) is 1. The molecule has 0 radical (unpaired) electrons. The van der Waals surface area contributed by atoms with E-state index in [1.54, 1.807) is 6.07 Å². The van der Waals surface area contributed by atoms with Gasteiger partial charge in [0.25, 0.3) is 0 Å². The van der Waals surface area contributed by atoms with E-state index < -0.39 is 0 Å². The van der Waals surface area contributed by atoms with Crippen molar-refractivity contribution in [3.8, 4) is 0 Å². The Morgan fingerprint density at radius 3 is 2.82 bits per heavy atom. The van der Waals surface area contributed by atoms with Crippen LogP contribution in [0, 0.1) is 5.82 Å². The van der Waals surface area contributed by atoms with Gasteiger partial charge in [0.1, 0.15) is 5.82 Å². The molecule has 0 aliphatic rings. The Morgan fingerprint density at radius 1 is 1.35 bits per heavy atom. The van der Waals surface area contributed by atoms with Gasteiger partial charge in [-0.05, 0) is 30.2 Å². The van der Waals surface area contributed by atoms with E-state index in [1.165, 1.54) is 12.1 Å². The molecule has 0 spiro atoms. The van der Waals surface area contributed by atoms with E-state index in [0.29, 0.717) is 6.54 Å². The average molecular weight is 348 g/mol. The normalized spacial score (nSPS) is 9.94. The van der Waals surface area contributed by atoms with Gasteiger partial charge in [-0.15, -0.1) is 24.0 Å². The molecule has 0 saturated carbocycles. The van der Waals surface area contributed by atoms with Crippen LogP contribution in [-0.4, -0.2) is 17.5 Å². The lowest BCUT2D eigenvalue weighted by Gasteiger charge is -1.96. The highest BCUT2D eigenvalue weighted by Crippen LogP contribution is 2.19. The fourth-order valence-electron chi connectivity index (χ4n) is 1.67. The van der Waals surface area contributed by atoms with Crippen LogP contribution < -0.4 is 11.5 Å². The summed E-state index contributed by atoms with van der Waals surface area (Å²) >= 11 is 0. The summed E-state index contributed by atoms with van der Waals surface area (Å²) in [5, 5.41) is 1.01. The van der Waals surface area contributed by atoms with Crippen LogP contribution in [0.15, 0.2) is 29.4 Å². The molecule has 92 valence electrons. The lowest BCUT2D eigenvalue weighted by molar-refractivity contribution is 0.629. The Kier molecular flexibility index (Phi) is 4.73. The van der Waals surface area contributed by atoms with Crippen LogP contribution in [0.3, 0.4) is 0 Å². The molecule has 0 aliphatic heterocycles.